The average Bonchev–Trinajstić information content (AvgIpc) is 2.19. The van der Waals surface area contributed by atoms with Crippen molar-refractivity contribution >= 4 is 30.4 Å². The van der Waals surface area contributed by atoms with Crippen LogP contribution in [0.15, 0.2) is 11.6 Å². The van der Waals surface area contributed by atoms with Crippen LogP contribution in [0.25, 0.3) is 0 Å². The van der Waals surface area contributed by atoms with Gasteiger partial charge in [0.1, 0.15) is 0 Å². The summed E-state index contributed by atoms with van der Waals surface area (Å²) in [6.45, 7) is 4.81. The van der Waals surface area contributed by atoms with Crippen molar-refractivity contribution in [3.8, 4) is 0 Å². The zero-order chi connectivity index (χ0) is 10.6. The van der Waals surface area contributed by atoms with E-state index in [4.69, 9.17) is 4.18 Å². The fraction of sp³-hybridized carbons (Fsp3) is 0.800. The minimum absolute atomic E-state index is 0.203. The molecule has 0 saturated carbocycles. The monoisotopic (exact) mass is 328 g/mol. The van der Waals surface area contributed by atoms with Crippen LogP contribution in [0, 0.1) is 5.92 Å². The van der Waals surface area contributed by atoms with Crippen LogP contribution in [-0.2, 0) is 4.18 Å². The summed E-state index contributed by atoms with van der Waals surface area (Å²) in [5, 5.41) is 10.3. The molecule has 0 saturated heterocycles. The van der Waals surface area contributed by atoms with E-state index in [9.17, 15) is 5.11 Å². The van der Waals surface area contributed by atoms with Gasteiger partial charge < -0.3 is 9.29 Å². The molecule has 0 aromatic carbocycles. The van der Waals surface area contributed by atoms with Crippen molar-refractivity contribution in [2.24, 2.45) is 5.92 Å². The van der Waals surface area contributed by atoms with E-state index in [1.54, 1.807) is 0 Å². The van der Waals surface area contributed by atoms with E-state index in [-0.39, 0.29) is 5.92 Å². The normalized spacial score (nSPS) is 29.9. The molecule has 0 aromatic rings. The van der Waals surface area contributed by atoms with Gasteiger partial charge in [-0.1, -0.05) is 18.6 Å². The molecule has 1 aliphatic rings. The quantitative estimate of drug-likeness (QED) is 0.487. The maximum absolute atomic E-state index is 10.3. The molecule has 1 rings (SSSR count). The van der Waals surface area contributed by atoms with E-state index in [0.717, 1.165) is 19.3 Å². The Kier molecular flexibility index (Phi) is 5.24. The molecule has 0 spiro atoms. The third-order valence-corrected chi connectivity index (χ3v) is 4.02. The molecule has 0 radical (unpaired) electrons. The van der Waals surface area contributed by atoms with Crippen molar-refractivity contribution in [1.29, 1.82) is 0 Å². The Labute approximate surface area is 102 Å². The van der Waals surface area contributed by atoms with Crippen LogP contribution in [0.3, 0.4) is 0 Å². The summed E-state index contributed by atoms with van der Waals surface area (Å²) >= 11 is 2.10. The Hall–Kier alpha value is 0.740. The van der Waals surface area contributed by atoms with Crippen LogP contribution in [-0.4, -0.2) is 17.3 Å². The van der Waals surface area contributed by atoms with Gasteiger partial charge in [-0.25, -0.2) is 0 Å². The lowest BCUT2D eigenvalue weighted by molar-refractivity contribution is -0.0335. The molecule has 1 N–H and O–H groups in total. The summed E-state index contributed by atoms with van der Waals surface area (Å²) in [5.41, 5.74) is 0.845. The fourth-order valence-corrected chi connectivity index (χ4v) is 2.40. The fourth-order valence-electron chi connectivity index (χ4n) is 1.70. The average molecular weight is 328 g/mol. The first kappa shape index (κ1) is 12.8. The van der Waals surface area contributed by atoms with Crippen LogP contribution in [0.2, 0.25) is 0 Å². The summed E-state index contributed by atoms with van der Waals surface area (Å²) in [7, 11) is 1.34. The first-order chi connectivity index (χ1) is 6.58. The van der Waals surface area contributed by atoms with Gasteiger partial charge >= 0.3 is 0 Å². The van der Waals surface area contributed by atoms with Gasteiger partial charge in [0.25, 0.3) is 0 Å². The Morgan fingerprint density at radius 2 is 2.50 bits per heavy atom. The van der Waals surface area contributed by atoms with Crippen LogP contribution in [0.1, 0.15) is 33.1 Å². The molecular formula is C10H17IO2S. The van der Waals surface area contributed by atoms with Gasteiger partial charge in [0.15, 0.2) is 0 Å². The Morgan fingerprint density at radius 1 is 1.79 bits per heavy atom. The molecule has 2 atom stereocenters. The molecule has 0 fully saturated rings. The topological polar surface area (TPSA) is 29.5 Å². The lowest BCUT2D eigenvalue weighted by atomic mass is 9.78. The van der Waals surface area contributed by atoms with Crippen molar-refractivity contribution in [3.05, 3.63) is 11.6 Å². The van der Waals surface area contributed by atoms with E-state index in [2.05, 4.69) is 41.1 Å². The van der Waals surface area contributed by atoms with E-state index in [1.165, 1.54) is 14.8 Å². The second-order valence-electron chi connectivity index (χ2n) is 4.11. The van der Waals surface area contributed by atoms with Crippen LogP contribution >= 0.6 is 30.4 Å². The highest BCUT2D eigenvalue weighted by atomic mass is 127. The lowest BCUT2D eigenvalue weighted by Crippen LogP contribution is -2.39. The van der Waals surface area contributed by atoms with Gasteiger partial charge in [-0.3, -0.25) is 0 Å². The predicted molar refractivity (Wildman–Crippen MR) is 69.3 cm³/mol. The summed E-state index contributed by atoms with van der Waals surface area (Å²) in [6, 6.07) is 0. The van der Waals surface area contributed by atoms with Gasteiger partial charge in [0.05, 0.1) is 21.4 Å². The highest BCUT2D eigenvalue weighted by molar-refractivity contribution is 14.2. The SMILES string of the molecule is CC1=CCC(O)(C(C)COSI)CC1. The van der Waals surface area contributed by atoms with Crippen molar-refractivity contribution in [1.82, 2.24) is 0 Å². The standard InChI is InChI=1S/C10H17IO2S/c1-8-3-5-10(12,6-4-8)9(2)7-13-14-11/h3,9,12H,4-7H2,1-2H3. The van der Waals surface area contributed by atoms with E-state index in [0.29, 0.717) is 6.61 Å². The number of allylic oxidation sites excluding steroid dienone is 1. The molecule has 0 aromatic heterocycles. The van der Waals surface area contributed by atoms with Crippen molar-refractivity contribution in [2.75, 3.05) is 6.61 Å². The number of hydrogen-bond donors (Lipinski definition) is 1. The molecule has 0 heterocycles. The van der Waals surface area contributed by atoms with Crippen molar-refractivity contribution in [2.45, 2.75) is 38.7 Å². The molecule has 14 heavy (non-hydrogen) atoms. The van der Waals surface area contributed by atoms with Gasteiger partial charge in [-0.2, -0.15) is 0 Å². The van der Waals surface area contributed by atoms with Gasteiger partial charge in [-0.15, -0.1) is 0 Å². The Morgan fingerprint density at radius 3 is 3.00 bits per heavy atom. The lowest BCUT2D eigenvalue weighted by Gasteiger charge is -2.36. The maximum atomic E-state index is 10.3. The second kappa shape index (κ2) is 5.72. The van der Waals surface area contributed by atoms with E-state index < -0.39 is 5.60 Å². The van der Waals surface area contributed by atoms with Crippen LogP contribution in [0.5, 0.6) is 0 Å². The zero-order valence-electron chi connectivity index (χ0n) is 8.62. The second-order valence-corrected chi connectivity index (χ2v) is 5.55. The third kappa shape index (κ3) is 3.40. The largest absolute Gasteiger partial charge is 0.389 e. The summed E-state index contributed by atoms with van der Waals surface area (Å²) in [5.74, 6) is 0.203. The van der Waals surface area contributed by atoms with Crippen LogP contribution in [0.4, 0.5) is 0 Å². The Bertz CT molecular complexity index is 220. The van der Waals surface area contributed by atoms with E-state index >= 15 is 0 Å². The smallest absolute Gasteiger partial charge is 0.0733 e. The van der Waals surface area contributed by atoms with Gasteiger partial charge in [0.2, 0.25) is 0 Å². The molecule has 0 aliphatic heterocycles. The molecule has 1 aliphatic carbocycles. The number of rotatable bonds is 4. The van der Waals surface area contributed by atoms with Gasteiger partial charge in [-0.05, 0) is 26.2 Å². The number of hydrogen-bond acceptors (Lipinski definition) is 3. The highest BCUT2D eigenvalue weighted by Gasteiger charge is 2.34. The summed E-state index contributed by atoms with van der Waals surface area (Å²) < 4.78 is 5.26. The molecule has 2 nitrogen and oxygen atoms in total. The summed E-state index contributed by atoms with van der Waals surface area (Å²) in [4.78, 5) is 0. The molecular weight excluding hydrogens is 311 g/mol. The maximum Gasteiger partial charge on any atom is 0.0733 e. The minimum atomic E-state index is -0.550. The van der Waals surface area contributed by atoms with Crippen LogP contribution < -0.4 is 0 Å². The minimum Gasteiger partial charge on any atom is -0.389 e. The molecule has 4 heteroatoms. The number of halogens is 1. The number of aliphatic hydroxyl groups is 1. The highest BCUT2D eigenvalue weighted by Crippen LogP contribution is 2.34. The van der Waals surface area contributed by atoms with Gasteiger partial charge in [0, 0.05) is 27.1 Å². The van der Waals surface area contributed by atoms with Crippen molar-refractivity contribution < 1.29 is 9.29 Å². The first-order valence-electron chi connectivity index (χ1n) is 4.87. The summed E-state index contributed by atoms with van der Waals surface area (Å²) in [6.07, 6.45) is 4.80. The third-order valence-electron chi connectivity index (χ3n) is 3.04. The predicted octanol–water partition coefficient (Wildman–Crippen LogP) is 3.50. The zero-order valence-corrected chi connectivity index (χ0v) is 11.6. The molecule has 0 bridgehead atoms. The first-order valence-corrected chi connectivity index (χ1v) is 8.15. The van der Waals surface area contributed by atoms with E-state index in [1.807, 2.05) is 0 Å². The van der Waals surface area contributed by atoms with Crippen molar-refractivity contribution in [3.63, 3.8) is 0 Å². The Balaban J connectivity index is 2.49. The molecule has 0 amide bonds. The molecule has 82 valence electrons. The molecule has 2 unspecified atom stereocenters.